The fraction of sp³-hybridized carbons (Fsp3) is 0.462. The van der Waals surface area contributed by atoms with E-state index in [1.165, 1.54) is 4.88 Å². The zero-order chi connectivity index (χ0) is 23.5. The number of benzene rings is 1. The summed E-state index contributed by atoms with van der Waals surface area (Å²) in [5.41, 5.74) is 1.65. The summed E-state index contributed by atoms with van der Waals surface area (Å²) in [6.45, 7) is 0.687. The molecule has 5 rings (SSSR count). The van der Waals surface area contributed by atoms with Gasteiger partial charge in [0, 0.05) is 25.2 Å². The lowest BCUT2D eigenvalue weighted by Gasteiger charge is -2.23. The van der Waals surface area contributed by atoms with Crippen LogP contribution in [-0.4, -0.2) is 24.3 Å². The van der Waals surface area contributed by atoms with E-state index in [-0.39, 0.29) is 25.1 Å². The van der Waals surface area contributed by atoms with Crippen LogP contribution in [0.1, 0.15) is 60.8 Å². The van der Waals surface area contributed by atoms with E-state index >= 15 is 0 Å². The number of nitrogens with one attached hydrogen (secondary N) is 2. The van der Waals surface area contributed by atoms with Crippen molar-refractivity contribution < 1.29 is 15.8 Å². The highest BCUT2D eigenvalue weighted by Gasteiger charge is 2.34. The summed E-state index contributed by atoms with van der Waals surface area (Å²) in [6, 6.07) is 9.33. The molecule has 1 aromatic heterocycles. The number of nitriles is 1. The average Bonchev–Trinajstić information content (AvgIpc) is 3.75. The maximum absolute atomic E-state index is 13.2. The van der Waals surface area contributed by atoms with Crippen LogP contribution in [-0.2, 0) is 17.6 Å². The van der Waals surface area contributed by atoms with Crippen molar-refractivity contribution in [3.63, 3.8) is 0 Å². The highest BCUT2D eigenvalue weighted by Crippen LogP contribution is 2.42. The average molecular weight is 479 g/mol. The van der Waals surface area contributed by atoms with Gasteiger partial charge in [0.15, 0.2) is 0 Å². The molecule has 0 aliphatic heterocycles. The highest BCUT2D eigenvalue weighted by molar-refractivity contribution is 7.17. The number of nitrogens with zero attached hydrogens (tertiary/aromatic N) is 2. The largest absolute Gasteiger partial charge is 0.442 e. The molecule has 1 unspecified atom stereocenters. The van der Waals surface area contributed by atoms with Gasteiger partial charge < -0.3 is 15.4 Å². The fourth-order valence-corrected chi connectivity index (χ4v) is 5.65. The van der Waals surface area contributed by atoms with Crippen LogP contribution in [0.5, 0.6) is 5.75 Å². The standard InChI is InChI=1S/C26H28N4O3S.H2/c27-15-29-22(33-19-4-2-1-3-5-19)13-17-8-11-21-20(12-17)23(25(32)28-14-16-6-7-16)26(34-21)30-24(31)18-9-10-18;/h1-5,16-18H,6-14H2,(H,28,32)(H,30,31);1H. The van der Waals surface area contributed by atoms with Gasteiger partial charge in [-0.2, -0.15) is 5.26 Å². The van der Waals surface area contributed by atoms with E-state index in [0.717, 1.165) is 44.1 Å². The van der Waals surface area contributed by atoms with Crippen molar-refractivity contribution in [3.05, 3.63) is 46.3 Å². The van der Waals surface area contributed by atoms with Gasteiger partial charge in [-0.25, -0.2) is 0 Å². The lowest BCUT2D eigenvalue weighted by atomic mass is 9.84. The maximum Gasteiger partial charge on any atom is 0.254 e. The molecule has 1 heterocycles. The Balaban J connectivity index is 0.00000289. The summed E-state index contributed by atoms with van der Waals surface area (Å²) in [7, 11) is 0. The van der Waals surface area contributed by atoms with E-state index < -0.39 is 0 Å². The zero-order valence-corrected chi connectivity index (χ0v) is 19.8. The van der Waals surface area contributed by atoms with Crippen LogP contribution in [0.2, 0.25) is 0 Å². The Morgan fingerprint density at radius 2 is 1.94 bits per heavy atom. The third kappa shape index (κ3) is 5.48. The number of para-hydroxylation sites is 1. The van der Waals surface area contributed by atoms with Gasteiger partial charge in [-0.1, -0.05) is 18.2 Å². The van der Waals surface area contributed by atoms with Crippen LogP contribution in [0, 0.1) is 29.2 Å². The molecule has 7 nitrogen and oxygen atoms in total. The molecule has 1 atom stereocenters. The molecule has 2 saturated carbocycles. The molecular weight excluding hydrogens is 448 g/mol. The highest BCUT2D eigenvalue weighted by atomic mass is 32.1. The molecule has 8 heteroatoms. The van der Waals surface area contributed by atoms with Crippen molar-refractivity contribution in [1.29, 1.82) is 5.26 Å². The van der Waals surface area contributed by atoms with Crippen molar-refractivity contribution in [2.45, 2.75) is 51.4 Å². The van der Waals surface area contributed by atoms with Gasteiger partial charge in [0.25, 0.3) is 5.91 Å². The monoisotopic (exact) mass is 478 g/mol. The Hall–Kier alpha value is -3.18. The number of anilines is 1. The Kier molecular flexibility index (Phi) is 6.63. The van der Waals surface area contributed by atoms with Gasteiger partial charge in [-0.3, -0.25) is 9.59 Å². The van der Waals surface area contributed by atoms with E-state index in [1.807, 2.05) is 36.5 Å². The lowest BCUT2D eigenvalue weighted by molar-refractivity contribution is -0.117. The van der Waals surface area contributed by atoms with Gasteiger partial charge in [-0.15, -0.1) is 16.3 Å². The maximum atomic E-state index is 13.2. The third-order valence-electron chi connectivity index (χ3n) is 6.64. The number of carbonyl (C=O) groups excluding carboxylic acids is 2. The minimum atomic E-state index is -0.0948. The smallest absolute Gasteiger partial charge is 0.254 e. The van der Waals surface area contributed by atoms with E-state index in [4.69, 9.17) is 10.00 Å². The number of aryl methyl sites for hydroxylation is 1. The minimum Gasteiger partial charge on any atom is -0.442 e. The summed E-state index contributed by atoms with van der Waals surface area (Å²) < 4.78 is 5.88. The minimum absolute atomic E-state index is 0. The van der Waals surface area contributed by atoms with Crippen molar-refractivity contribution in [3.8, 4) is 11.9 Å². The molecule has 3 aliphatic rings. The first-order valence-corrected chi connectivity index (χ1v) is 12.8. The summed E-state index contributed by atoms with van der Waals surface area (Å²) in [5.74, 6) is 1.81. The zero-order valence-electron chi connectivity index (χ0n) is 19.0. The van der Waals surface area contributed by atoms with E-state index in [2.05, 4.69) is 15.6 Å². The lowest BCUT2D eigenvalue weighted by Crippen LogP contribution is -2.28. The number of ether oxygens (including phenoxy) is 1. The Morgan fingerprint density at radius 3 is 2.65 bits per heavy atom. The molecule has 0 saturated heterocycles. The second-order valence-electron chi connectivity index (χ2n) is 9.46. The summed E-state index contributed by atoms with van der Waals surface area (Å²) in [4.78, 5) is 30.8. The van der Waals surface area contributed by atoms with Gasteiger partial charge in [0.2, 0.25) is 18.0 Å². The van der Waals surface area contributed by atoms with Gasteiger partial charge in [0.1, 0.15) is 10.8 Å². The molecule has 0 radical (unpaired) electrons. The summed E-state index contributed by atoms with van der Waals surface area (Å²) in [5, 5.41) is 16.0. The predicted octanol–water partition coefficient (Wildman–Crippen LogP) is 4.94. The topological polar surface area (TPSA) is 104 Å². The Labute approximate surface area is 204 Å². The molecule has 34 heavy (non-hydrogen) atoms. The second kappa shape index (κ2) is 9.98. The Bertz CT molecular complexity index is 1150. The normalized spacial score (nSPS) is 19.6. The van der Waals surface area contributed by atoms with Gasteiger partial charge >= 0.3 is 0 Å². The fourth-order valence-electron chi connectivity index (χ4n) is 4.40. The number of aliphatic imine (C=N–C) groups is 1. The van der Waals surface area contributed by atoms with Crippen LogP contribution in [0.15, 0.2) is 35.3 Å². The van der Waals surface area contributed by atoms with Crippen molar-refractivity contribution in [2.24, 2.45) is 22.7 Å². The first kappa shape index (κ1) is 22.6. The molecular formula is C26H30N4O3S. The second-order valence-corrected chi connectivity index (χ2v) is 10.6. The van der Waals surface area contributed by atoms with Crippen LogP contribution in [0.4, 0.5) is 5.00 Å². The van der Waals surface area contributed by atoms with Crippen LogP contribution >= 0.6 is 11.3 Å². The number of rotatable bonds is 8. The number of hydrogen-bond donors (Lipinski definition) is 2. The number of thiophene rings is 1. The van der Waals surface area contributed by atoms with Gasteiger partial charge in [-0.05, 0) is 74.5 Å². The van der Waals surface area contributed by atoms with Crippen LogP contribution in [0.3, 0.4) is 0 Å². The number of amides is 2. The molecule has 1 aromatic carbocycles. The molecule has 2 fully saturated rings. The van der Waals surface area contributed by atoms with Crippen LogP contribution in [0.25, 0.3) is 0 Å². The SMILES string of the molecule is N#CN=C(CC1CCc2sc(NC(=O)C3CC3)c(C(=O)NCC3CC3)c2C1)Oc1ccccc1.[HH]. The van der Waals surface area contributed by atoms with Crippen molar-refractivity contribution in [1.82, 2.24) is 5.32 Å². The summed E-state index contributed by atoms with van der Waals surface area (Å²) >= 11 is 1.54. The molecule has 0 spiro atoms. The number of carbonyl (C=O) groups is 2. The van der Waals surface area contributed by atoms with Crippen molar-refractivity contribution in [2.75, 3.05) is 11.9 Å². The molecule has 0 bridgehead atoms. The van der Waals surface area contributed by atoms with Gasteiger partial charge in [0.05, 0.1) is 5.56 Å². The van der Waals surface area contributed by atoms with E-state index in [9.17, 15) is 9.59 Å². The molecule has 2 aromatic rings. The molecule has 2 amide bonds. The number of hydrogen-bond acceptors (Lipinski definition) is 6. The third-order valence-corrected chi connectivity index (χ3v) is 7.85. The van der Waals surface area contributed by atoms with E-state index in [1.54, 1.807) is 11.3 Å². The van der Waals surface area contributed by atoms with Crippen molar-refractivity contribution >= 4 is 34.0 Å². The molecule has 178 valence electrons. The van der Waals surface area contributed by atoms with Crippen LogP contribution < -0.4 is 15.4 Å². The van der Waals surface area contributed by atoms with E-state index in [0.29, 0.717) is 47.5 Å². The quantitative estimate of drug-likeness (QED) is 0.319. The Morgan fingerprint density at radius 1 is 1.15 bits per heavy atom. The molecule has 2 N–H and O–H groups in total. The predicted molar refractivity (Wildman–Crippen MR) is 133 cm³/mol. The first-order chi connectivity index (χ1) is 16.6. The number of fused-ring (bicyclic) bond motifs is 1. The molecule has 3 aliphatic carbocycles. The first-order valence-electron chi connectivity index (χ1n) is 12.0. The summed E-state index contributed by atoms with van der Waals surface area (Å²) in [6.07, 6.45) is 8.98.